The Hall–Kier alpha value is -1.66. The molecule has 0 unspecified atom stereocenters. The minimum absolute atomic E-state index is 0.0307. The van der Waals surface area contributed by atoms with Crippen LogP contribution in [-0.2, 0) is 0 Å². The molecule has 0 aliphatic heterocycles. The lowest BCUT2D eigenvalue weighted by atomic mass is 10.4. The Labute approximate surface area is 111 Å². The lowest BCUT2D eigenvalue weighted by Gasteiger charge is -2.01. The number of rotatable bonds is 3. The fourth-order valence-electron chi connectivity index (χ4n) is 1.27. The molecule has 18 heavy (non-hydrogen) atoms. The van der Waals surface area contributed by atoms with Gasteiger partial charge in [0.15, 0.2) is 0 Å². The first-order valence-electron chi connectivity index (χ1n) is 4.80. The van der Waals surface area contributed by atoms with E-state index in [9.17, 15) is 14.5 Å². The molecule has 0 aliphatic rings. The number of hydrogen-bond donors (Lipinski definition) is 0. The molecule has 0 spiro atoms. The molecule has 2 rings (SSSR count). The van der Waals surface area contributed by atoms with Crippen LogP contribution in [-0.4, -0.2) is 9.91 Å². The number of benzene rings is 1. The first-order valence-corrected chi connectivity index (χ1v) is 5.99. The number of aromatic nitrogens is 1. The van der Waals surface area contributed by atoms with Crippen LogP contribution in [0.3, 0.4) is 0 Å². The van der Waals surface area contributed by atoms with Gasteiger partial charge in [-0.15, -0.1) is 0 Å². The molecule has 4 nitrogen and oxygen atoms in total. The molecule has 0 atom stereocenters. The Bertz CT molecular complexity index is 609. The van der Waals surface area contributed by atoms with Gasteiger partial charge in [0, 0.05) is 11.0 Å². The first-order chi connectivity index (χ1) is 8.54. The second-order valence-corrected chi connectivity index (χ2v) is 4.78. The van der Waals surface area contributed by atoms with Crippen molar-refractivity contribution < 1.29 is 9.31 Å². The monoisotopic (exact) mass is 284 g/mol. The highest BCUT2D eigenvalue weighted by molar-refractivity contribution is 7.99. The molecule has 0 fully saturated rings. The van der Waals surface area contributed by atoms with Crippen molar-refractivity contribution in [1.82, 2.24) is 4.98 Å². The molecule has 0 amide bonds. The van der Waals surface area contributed by atoms with E-state index in [1.54, 1.807) is 12.1 Å². The molecule has 0 bridgehead atoms. The maximum atomic E-state index is 13.0. The van der Waals surface area contributed by atoms with Crippen LogP contribution in [0.2, 0.25) is 5.15 Å². The SMILES string of the molecule is O=[N+]([O-])c1cc(Cl)nc(Sc2cccc(F)c2)c1. The third-order valence-electron chi connectivity index (χ3n) is 1.98. The van der Waals surface area contributed by atoms with Gasteiger partial charge in [-0.2, -0.15) is 0 Å². The molecule has 1 heterocycles. The van der Waals surface area contributed by atoms with Gasteiger partial charge in [0.2, 0.25) is 0 Å². The summed E-state index contributed by atoms with van der Waals surface area (Å²) in [6.07, 6.45) is 0. The van der Waals surface area contributed by atoms with Crippen molar-refractivity contribution in [3.05, 3.63) is 57.5 Å². The summed E-state index contributed by atoms with van der Waals surface area (Å²) >= 11 is 6.80. The lowest BCUT2D eigenvalue weighted by Crippen LogP contribution is -1.90. The highest BCUT2D eigenvalue weighted by Gasteiger charge is 2.11. The predicted octanol–water partition coefficient (Wildman–Crippen LogP) is 3.93. The molecule has 0 saturated heterocycles. The largest absolute Gasteiger partial charge is 0.275 e. The van der Waals surface area contributed by atoms with Crippen molar-refractivity contribution in [3.8, 4) is 0 Å². The van der Waals surface area contributed by atoms with Gasteiger partial charge in [0.05, 0.1) is 11.0 Å². The summed E-state index contributed by atoms with van der Waals surface area (Å²) in [6.45, 7) is 0. The first kappa shape index (κ1) is 12.8. The van der Waals surface area contributed by atoms with Crippen LogP contribution in [0.4, 0.5) is 10.1 Å². The van der Waals surface area contributed by atoms with Crippen molar-refractivity contribution in [2.75, 3.05) is 0 Å². The zero-order chi connectivity index (χ0) is 13.1. The molecule has 0 aliphatic carbocycles. The van der Waals surface area contributed by atoms with Crippen LogP contribution < -0.4 is 0 Å². The summed E-state index contributed by atoms with van der Waals surface area (Å²) in [5.74, 6) is -0.378. The number of hydrogen-bond acceptors (Lipinski definition) is 4. The molecule has 1 aromatic carbocycles. The van der Waals surface area contributed by atoms with Gasteiger partial charge in [-0.25, -0.2) is 9.37 Å². The Morgan fingerprint density at radius 3 is 2.78 bits per heavy atom. The van der Waals surface area contributed by atoms with E-state index in [1.807, 2.05) is 0 Å². The highest BCUT2D eigenvalue weighted by atomic mass is 35.5. The van der Waals surface area contributed by atoms with E-state index in [0.717, 1.165) is 17.8 Å². The van der Waals surface area contributed by atoms with Gasteiger partial charge in [-0.3, -0.25) is 10.1 Å². The van der Waals surface area contributed by atoms with Crippen molar-refractivity contribution >= 4 is 29.1 Å². The van der Waals surface area contributed by atoms with E-state index in [4.69, 9.17) is 11.6 Å². The summed E-state index contributed by atoms with van der Waals surface area (Å²) in [5.41, 5.74) is -0.145. The smallest absolute Gasteiger partial charge is 0.258 e. The number of nitrogens with zero attached hydrogens (tertiary/aromatic N) is 2. The van der Waals surface area contributed by atoms with Crippen LogP contribution >= 0.6 is 23.4 Å². The van der Waals surface area contributed by atoms with Gasteiger partial charge < -0.3 is 0 Å². The molecule has 0 N–H and O–H groups in total. The van der Waals surface area contributed by atoms with E-state index >= 15 is 0 Å². The Kier molecular flexibility index (Phi) is 3.78. The Morgan fingerprint density at radius 2 is 2.11 bits per heavy atom. The van der Waals surface area contributed by atoms with Gasteiger partial charge in [-0.05, 0) is 18.2 Å². The third-order valence-corrected chi connectivity index (χ3v) is 3.09. The van der Waals surface area contributed by atoms with Gasteiger partial charge in [0.1, 0.15) is 16.0 Å². The highest BCUT2D eigenvalue weighted by Crippen LogP contribution is 2.30. The Morgan fingerprint density at radius 1 is 1.33 bits per heavy atom. The second-order valence-electron chi connectivity index (χ2n) is 3.30. The van der Waals surface area contributed by atoms with Crippen LogP contribution in [0.25, 0.3) is 0 Å². The van der Waals surface area contributed by atoms with Crippen molar-refractivity contribution in [3.63, 3.8) is 0 Å². The molecule has 92 valence electrons. The lowest BCUT2D eigenvalue weighted by molar-refractivity contribution is -0.385. The van der Waals surface area contributed by atoms with Gasteiger partial charge in [-0.1, -0.05) is 29.4 Å². The van der Waals surface area contributed by atoms with E-state index in [2.05, 4.69) is 4.98 Å². The number of nitro groups is 1. The molecule has 7 heteroatoms. The number of halogens is 2. The van der Waals surface area contributed by atoms with Crippen LogP contribution in [0.5, 0.6) is 0 Å². The normalized spacial score (nSPS) is 10.3. The zero-order valence-electron chi connectivity index (χ0n) is 8.84. The topological polar surface area (TPSA) is 56.0 Å². The van der Waals surface area contributed by atoms with Crippen LogP contribution in [0.1, 0.15) is 0 Å². The fraction of sp³-hybridized carbons (Fsp3) is 0. The summed E-state index contributed by atoms with van der Waals surface area (Å²) in [7, 11) is 0. The zero-order valence-corrected chi connectivity index (χ0v) is 10.4. The van der Waals surface area contributed by atoms with Gasteiger partial charge in [0.25, 0.3) is 5.69 Å². The average molecular weight is 285 g/mol. The predicted molar refractivity (Wildman–Crippen MR) is 66.4 cm³/mol. The van der Waals surface area contributed by atoms with E-state index in [0.29, 0.717) is 9.92 Å². The van der Waals surface area contributed by atoms with Gasteiger partial charge >= 0.3 is 0 Å². The second kappa shape index (κ2) is 5.32. The minimum atomic E-state index is -0.552. The van der Waals surface area contributed by atoms with Crippen molar-refractivity contribution in [2.24, 2.45) is 0 Å². The summed E-state index contributed by atoms with van der Waals surface area (Å²) < 4.78 is 13.0. The molecule has 2 aromatic rings. The maximum absolute atomic E-state index is 13.0. The molecule has 0 saturated carbocycles. The van der Waals surface area contributed by atoms with Crippen molar-refractivity contribution in [2.45, 2.75) is 9.92 Å². The van der Waals surface area contributed by atoms with E-state index in [1.165, 1.54) is 18.2 Å². The maximum Gasteiger partial charge on any atom is 0.275 e. The van der Waals surface area contributed by atoms with Crippen LogP contribution in [0.15, 0.2) is 46.3 Å². The molecule has 0 radical (unpaired) electrons. The van der Waals surface area contributed by atoms with Crippen LogP contribution in [0, 0.1) is 15.9 Å². The number of pyridine rings is 1. The average Bonchev–Trinajstić information content (AvgIpc) is 2.28. The summed E-state index contributed by atoms with van der Waals surface area (Å²) in [5, 5.41) is 11.0. The Balaban J connectivity index is 2.31. The van der Waals surface area contributed by atoms with E-state index < -0.39 is 4.92 Å². The minimum Gasteiger partial charge on any atom is -0.258 e. The fourth-order valence-corrected chi connectivity index (χ4v) is 2.41. The third kappa shape index (κ3) is 3.18. The molecular weight excluding hydrogens is 279 g/mol. The quantitative estimate of drug-likeness (QED) is 0.487. The van der Waals surface area contributed by atoms with E-state index in [-0.39, 0.29) is 16.7 Å². The molecular formula is C11H6ClFN2O2S. The standard InChI is InChI=1S/C11H6ClFN2O2S/c12-10-5-8(15(16)17)6-11(14-10)18-9-3-1-2-7(13)4-9/h1-6H. The summed E-state index contributed by atoms with van der Waals surface area (Å²) in [6, 6.07) is 8.33. The van der Waals surface area contributed by atoms with Crippen molar-refractivity contribution in [1.29, 1.82) is 0 Å². The molecule has 1 aromatic heterocycles. The summed E-state index contributed by atoms with van der Waals surface area (Å²) in [4.78, 5) is 14.6.